The molecule has 0 saturated carbocycles. The van der Waals surface area contributed by atoms with E-state index in [1.54, 1.807) is 0 Å². The fraction of sp³-hybridized carbons (Fsp3) is 0.154. The maximum absolute atomic E-state index is 12.5. The fourth-order valence-electron chi connectivity index (χ4n) is 1.34. The molecule has 0 aliphatic carbocycles. The van der Waals surface area contributed by atoms with Gasteiger partial charge < -0.3 is 5.32 Å². The number of hydrogen-bond donors (Lipinski definition) is 1. The van der Waals surface area contributed by atoms with Crippen molar-refractivity contribution in [2.45, 2.75) is 13.1 Å². The summed E-state index contributed by atoms with van der Waals surface area (Å²) in [5.74, 6) is 5.01. The Morgan fingerprint density at radius 3 is 2.71 bits per heavy atom. The summed E-state index contributed by atoms with van der Waals surface area (Å²) in [5.41, 5.74) is -0.697. The molecule has 108 valence electrons. The van der Waals surface area contributed by atoms with Crippen LogP contribution in [-0.2, 0) is 11.0 Å². The Hall–Kier alpha value is -2.40. The van der Waals surface area contributed by atoms with Gasteiger partial charge in [-0.25, -0.2) is 4.98 Å². The molecule has 2 aromatic heterocycles. The summed E-state index contributed by atoms with van der Waals surface area (Å²) < 4.78 is 37.6. The minimum Gasteiger partial charge on any atom is -0.302 e. The zero-order valence-corrected chi connectivity index (χ0v) is 11.5. The first kappa shape index (κ1) is 15.0. The first-order chi connectivity index (χ1) is 9.84. The van der Waals surface area contributed by atoms with Gasteiger partial charge in [0.2, 0.25) is 5.91 Å². The second-order valence-electron chi connectivity index (χ2n) is 3.92. The SMILES string of the molecule is CC(=O)Nc1ncc(C#Cc2cncc(C(F)(F)F)c2)s1. The van der Waals surface area contributed by atoms with Crippen molar-refractivity contribution < 1.29 is 18.0 Å². The van der Waals surface area contributed by atoms with Gasteiger partial charge in [-0.1, -0.05) is 17.3 Å². The van der Waals surface area contributed by atoms with E-state index in [1.165, 1.54) is 19.3 Å². The molecule has 0 atom stereocenters. The molecule has 0 radical (unpaired) electrons. The van der Waals surface area contributed by atoms with E-state index < -0.39 is 11.7 Å². The molecule has 0 fully saturated rings. The second-order valence-corrected chi connectivity index (χ2v) is 4.95. The van der Waals surface area contributed by atoms with E-state index >= 15 is 0 Å². The molecule has 2 aromatic rings. The van der Waals surface area contributed by atoms with Gasteiger partial charge in [-0.3, -0.25) is 9.78 Å². The van der Waals surface area contributed by atoms with Crippen LogP contribution in [0.1, 0.15) is 22.9 Å². The normalized spacial score (nSPS) is 10.7. The van der Waals surface area contributed by atoms with Crippen molar-refractivity contribution >= 4 is 22.4 Å². The molecule has 8 heteroatoms. The van der Waals surface area contributed by atoms with E-state index in [9.17, 15) is 18.0 Å². The van der Waals surface area contributed by atoms with E-state index in [0.717, 1.165) is 23.6 Å². The number of halogens is 3. The van der Waals surface area contributed by atoms with Gasteiger partial charge in [0.05, 0.1) is 16.6 Å². The minimum absolute atomic E-state index is 0.152. The number of thiazole rings is 1. The Labute approximate surface area is 122 Å². The second kappa shape index (κ2) is 5.93. The maximum Gasteiger partial charge on any atom is 0.417 e. The van der Waals surface area contributed by atoms with E-state index in [4.69, 9.17) is 0 Å². The number of aromatic nitrogens is 2. The Morgan fingerprint density at radius 2 is 2.05 bits per heavy atom. The van der Waals surface area contributed by atoms with Gasteiger partial charge in [0, 0.05) is 24.9 Å². The van der Waals surface area contributed by atoms with E-state index in [1.807, 2.05) is 0 Å². The van der Waals surface area contributed by atoms with Crippen molar-refractivity contribution in [2.24, 2.45) is 0 Å². The number of carbonyl (C=O) groups excluding carboxylic acids is 1. The van der Waals surface area contributed by atoms with Crippen molar-refractivity contribution in [3.8, 4) is 11.8 Å². The van der Waals surface area contributed by atoms with Crippen LogP contribution < -0.4 is 5.32 Å². The topological polar surface area (TPSA) is 54.9 Å². The molecule has 4 nitrogen and oxygen atoms in total. The highest BCUT2D eigenvalue weighted by molar-refractivity contribution is 7.16. The molecule has 0 aromatic carbocycles. The van der Waals surface area contributed by atoms with Gasteiger partial charge in [0.25, 0.3) is 0 Å². The molecule has 0 aliphatic rings. The molecule has 2 rings (SSSR count). The average Bonchev–Trinajstić information content (AvgIpc) is 2.82. The largest absolute Gasteiger partial charge is 0.417 e. The number of hydrogen-bond acceptors (Lipinski definition) is 4. The lowest BCUT2D eigenvalue weighted by molar-refractivity contribution is -0.137. The quantitative estimate of drug-likeness (QED) is 0.824. The average molecular weight is 311 g/mol. The number of nitrogens with zero attached hydrogens (tertiary/aromatic N) is 2. The van der Waals surface area contributed by atoms with Crippen LogP contribution >= 0.6 is 11.3 Å². The van der Waals surface area contributed by atoms with Crippen LogP contribution in [0.25, 0.3) is 0 Å². The van der Waals surface area contributed by atoms with Gasteiger partial charge in [-0.05, 0) is 12.0 Å². The molecule has 1 N–H and O–H groups in total. The summed E-state index contributed by atoms with van der Waals surface area (Å²) in [6, 6.07) is 0.926. The van der Waals surface area contributed by atoms with Gasteiger partial charge in [0.15, 0.2) is 5.13 Å². The monoisotopic (exact) mass is 311 g/mol. The number of pyridine rings is 1. The summed E-state index contributed by atoms with van der Waals surface area (Å²) >= 11 is 1.13. The van der Waals surface area contributed by atoms with Gasteiger partial charge in [0.1, 0.15) is 0 Å². The van der Waals surface area contributed by atoms with Crippen LogP contribution in [0.15, 0.2) is 24.7 Å². The summed E-state index contributed by atoms with van der Waals surface area (Å²) in [4.78, 5) is 18.8. The minimum atomic E-state index is -4.45. The number of anilines is 1. The molecule has 2 heterocycles. The molecule has 0 bridgehead atoms. The molecule has 21 heavy (non-hydrogen) atoms. The van der Waals surface area contributed by atoms with E-state index in [2.05, 4.69) is 27.1 Å². The highest BCUT2D eigenvalue weighted by Crippen LogP contribution is 2.28. The van der Waals surface area contributed by atoms with Crippen LogP contribution in [0.2, 0.25) is 0 Å². The standard InChI is InChI=1S/C13H8F3N3OS/c1-8(20)19-12-18-7-11(21-12)3-2-9-4-10(6-17-5-9)13(14,15)16/h4-7H,1H3,(H,18,19,20). The number of alkyl halides is 3. The highest BCUT2D eigenvalue weighted by Gasteiger charge is 2.30. The molecule has 0 unspecified atom stereocenters. The third-order valence-corrected chi connectivity index (χ3v) is 3.01. The van der Waals surface area contributed by atoms with Crippen LogP contribution in [0, 0.1) is 11.8 Å². The fourth-order valence-corrected chi connectivity index (χ4v) is 2.05. The lowest BCUT2D eigenvalue weighted by atomic mass is 10.2. The van der Waals surface area contributed by atoms with Crippen LogP contribution in [0.3, 0.4) is 0 Å². The predicted octanol–water partition coefficient (Wildman–Crippen LogP) is 2.92. The van der Waals surface area contributed by atoms with E-state index in [0.29, 0.717) is 10.0 Å². The summed E-state index contributed by atoms with van der Waals surface area (Å²) in [6.07, 6.45) is -1.03. The zero-order chi connectivity index (χ0) is 15.5. The summed E-state index contributed by atoms with van der Waals surface area (Å²) in [5, 5.41) is 2.88. The van der Waals surface area contributed by atoms with Crippen molar-refractivity contribution in [2.75, 3.05) is 5.32 Å². The summed E-state index contributed by atoms with van der Waals surface area (Å²) in [6.45, 7) is 1.35. The molecular formula is C13H8F3N3OS. The zero-order valence-electron chi connectivity index (χ0n) is 10.7. The number of rotatable bonds is 1. The molecule has 0 saturated heterocycles. The first-order valence-corrected chi connectivity index (χ1v) is 6.44. The van der Waals surface area contributed by atoms with Crippen LogP contribution in [0.5, 0.6) is 0 Å². The van der Waals surface area contributed by atoms with Crippen molar-refractivity contribution in [3.63, 3.8) is 0 Å². The first-order valence-electron chi connectivity index (χ1n) is 5.62. The molecule has 0 spiro atoms. The van der Waals surface area contributed by atoms with Crippen molar-refractivity contribution in [1.29, 1.82) is 0 Å². The van der Waals surface area contributed by atoms with E-state index in [-0.39, 0.29) is 11.5 Å². The Morgan fingerprint density at radius 1 is 1.29 bits per heavy atom. The van der Waals surface area contributed by atoms with Gasteiger partial charge in [-0.15, -0.1) is 0 Å². The molecular weight excluding hydrogens is 303 g/mol. The molecule has 0 aliphatic heterocycles. The van der Waals surface area contributed by atoms with Crippen LogP contribution in [-0.4, -0.2) is 15.9 Å². The Balaban J connectivity index is 2.19. The number of amides is 1. The maximum atomic E-state index is 12.5. The molecule has 1 amide bonds. The Kier molecular flexibility index (Phi) is 4.23. The number of nitrogens with one attached hydrogen (secondary N) is 1. The third-order valence-electron chi connectivity index (χ3n) is 2.18. The summed E-state index contributed by atoms with van der Waals surface area (Å²) in [7, 11) is 0. The third kappa shape index (κ3) is 4.29. The Bertz CT molecular complexity index is 728. The van der Waals surface area contributed by atoms with Crippen LogP contribution in [0.4, 0.5) is 18.3 Å². The predicted molar refractivity (Wildman–Crippen MR) is 71.6 cm³/mol. The lowest BCUT2D eigenvalue weighted by Gasteiger charge is -2.04. The van der Waals surface area contributed by atoms with Gasteiger partial charge >= 0.3 is 6.18 Å². The smallest absolute Gasteiger partial charge is 0.302 e. The number of carbonyl (C=O) groups is 1. The van der Waals surface area contributed by atoms with Crippen molar-refractivity contribution in [1.82, 2.24) is 9.97 Å². The van der Waals surface area contributed by atoms with Gasteiger partial charge in [-0.2, -0.15) is 13.2 Å². The van der Waals surface area contributed by atoms with Crippen molar-refractivity contribution in [3.05, 3.63) is 40.7 Å². The lowest BCUT2D eigenvalue weighted by Crippen LogP contribution is -2.05. The highest BCUT2D eigenvalue weighted by atomic mass is 32.1.